The fraction of sp³-hybridized carbons (Fsp3) is 1.00. The SMILES string of the molecule is CCCC1(N)CN(CC2CCOC2)C1. The predicted octanol–water partition coefficient (Wildman–Crippen LogP) is 0.836. The van der Waals surface area contributed by atoms with Crippen molar-refractivity contribution >= 4 is 0 Å². The minimum atomic E-state index is 0.133. The highest BCUT2D eigenvalue weighted by Gasteiger charge is 2.39. The van der Waals surface area contributed by atoms with Crippen LogP contribution in [0.3, 0.4) is 0 Å². The van der Waals surface area contributed by atoms with Crippen LogP contribution >= 0.6 is 0 Å². The first-order valence-electron chi connectivity index (χ1n) is 5.81. The van der Waals surface area contributed by atoms with Crippen molar-refractivity contribution in [3.63, 3.8) is 0 Å². The lowest BCUT2D eigenvalue weighted by Crippen LogP contribution is -2.67. The molecule has 0 amide bonds. The maximum absolute atomic E-state index is 6.21. The van der Waals surface area contributed by atoms with Crippen LogP contribution in [-0.4, -0.2) is 43.3 Å². The molecule has 2 N–H and O–H groups in total. The van der Waals surface area contributed by atoms with Crippen LogP contribution in [0, 0.1) is 5.92 Å². The number of nitrogens with zero attached hydrogens (tertiary/aromatic N) is 1. The van der Waals surface area contributed by atoms with Gasteiger partial charge in [-0.05, 0) is 18.8 Å². The average molecular weight is 198 g/mol. The molecule has 3 heteroatoms. The number of likely N-dealkylation sites (tertiary alicyclic amines) is 1. The van der Waals surface area contributed by atoms with E-state index < -0.39 is 0 Å². The molecule has 1 unspecified atom stereocenters. The van der Waals surface area contributed by atoms with Gasteiger partial charge in [-0.15, -0.1) is 0 Å². The third kappa shape index (κ3) is 2.27. The average Bonchev–Trinajstić information content (AvgIpc) is 2.54. The summed E-state index contributed by atoms with van der Waals surface area (Å²) in [6, 6.07) is 0. The Labute approximate surface area is 86.6 Å². The third-order valence-corrected chi connectivity index (χ3v) is 3.37. The summed E-state index contributed by atoms with van der Waals surface area (Å²) in [7, 11) is 0. The Morgan fingerprint density at radius 1 is 1.50 bits per heavy atom. The second kappa shape index (κ2) is 4.17. The molecule has 0 saturated carbocycles. The van der Waals surface area contributed by atoms with Crippen molar-refractivity contribution in [3.8, 4) is 0 Å². The van der Waals surface area contributed by atoms with Crippen molar-refractivity contribution in [2.75, 3.05) is 32.8 Å². The van der Waals surface area contributed by atoms with Crippen LogP contribution in [0.5, 0.6) is 0 Å². The molecule has 14 heavy (non-hydrogen) atoms. The van der Waals surface area contributed by atoms with Gasteiger partial charge in [-0.2, -0.15) is 0 Å². The summed E-state index contributed by atoms with van der Waals surface area (Å²) in [5, 5.41) is 0. The van der Waals surface area contributed by atoms with Crippen LogP contribution in [0.1, 0.15) is 26.2 Å². The summed E-state index contributed by atoms with van der Waals surface area (Å²) in [6.07, 6.45) is 3.61. The molecule has 1 atom stereocenters. The first-order chi connectivity index (χ1) is 6.72. The number of rotatable bonds is 4. The van der Waals surface area contributed by atoms with E-state index in [1.807, 2.05) is 0 Å². The maximum atomic E-state index is 6.21. The van der Waals surface area contributed by atoms with Gasteiger partial charge in [0, 0.05) is 31.8 Å². The van der Waals surface area contributed by atoms with E-state index in [4.69, 9.17) is 10.5 Å². The van der Waals surface area contributed by atoms with E-state index in [1.54, 1.807) is 0 Å². The quantitative estimate of drug-likeness (QED) is 0.727. The lowest BCUT2D eigenvalue weighted by Gasteiger charge is -2.48. The summed E-state index contributed by atoms with van der Waals surface area (Å²) in [6.45, 7) is 7.52. The van der Waals surface area contributed by atoms with Gasteiger partial charge >= 0.3 is 0 Å². The highest BCUT2D eigenvalue weighted by molar-refractivity contribution is 4.99. The van der Waals surface area contributed by atoms with Gasteiger partial charge in [-0.25, -0.2) is 0 Å². The molecule has 0 radical (unpaired) electrons. The Kier molecular flexibility index (Phi) is 3.10. The lowest BCUT2D eigenvalue weighted by molar-refractivity contribution is 0.0464. The molecular weight excluding hydrogens is 176 g/mol. The molecular formula is C11H22N2O. The molecule has 0 aromatic heterocycles. The molecule has 82 valence electrons. The van der Waals surface area contributed by atoms with E-state index in [0.29, 0.717) is 0 Å². The summed E-state index contributed by atoms with van der Waals surface area (Å²) >= 11 is 0. The minimum absolute atomic E-state index is 0.133. The Hall–Kier alpha value is -0.120. The minimum Gasteiger partial charge on any atom is -0.381 e. The highest BCUT2D eigenvalue weighted by Crippen LogP contribution is 2.25. The van der Waals surface area contributed by atoms with Crippen molar-refractivity contribution in [1.82, 2.24) is 4.90 Å². The van der Waals surface area contributed by atoms with E-state index in [1.165, 1.54) is 25.8 Å². The molecule has 3 nitrogen and oxygen atoms in total. The Morgan fingerprint density at radius 3 is 2.86 bits per heavy atom. The molecule has 2 rings (SSSR count). The normalized spacial score (nSPS) is 31.7. The van der Waals surface area contributed by atoms with Gasteiger partial charge in [0.1, 0.15) is 0 Å². The Bertz CT molecular complexity index is 184. The Balaban J connectivity index is 1.66. The van der Waals surface area contributed by atoms with Crippen LogP contribution < -0.4 is 5.73 Å². The molecule has 0 aromatic rings. The molecule has 2 aliphatic rings. The molecule has 0 bridgehead atoms. The van der Waals surface area contributed by atoms with Crippen molar-refractivity contribution in [2.24, 2.45) is 11.7 Å². The Morgan fingerprint density at radius 2 is 2.29 bits per heavy atom. The predicted molar refractivity (Wildman–Crippen MR) is 57.2 cm³/mol. The monoisotopic (exact) mass is 198 g/mol. The summed E-state index contributed by atoms with van der Waals surface area (Å²) in [4.78, 5) is 2.48. The number of hydrogen-bond acceptors (Lipinski definition) is 3. The lowest BCUT2D eigenvalue weighted by atomic mass is 9.85. The zero-order valence-electron chi connectivity index (χ0n) is 9.17. The first kappa shape index (κ1) is 10.4. The van der Waals surface area contributed by atoms with Crippen molar-refractivity contribution in [3.05, 3.63) is 0 Å². The smallest absolute Gasteiger partial charge is 0.0507 e. The van der Waals surface area contributed by atoms with E-state index in [0.717, 1.165) is 32.2 Å². The van der Waals surface area contributed by atoms with Gasteiger partial charge < -0.3 is 10.5 Å². The second-order valence-corrected chi connectivity index (χ2v) is 5.01. The van der Waals surface area contributed by atoms with E-state index in [-0.39, 0.29) is 5.54 Å². The van der Waals surface area contributed by atoms with Crippen LogP contribution in [0.15, 0.2) is 0 Å². The van der Waals surface area contributed by atoms with Crippen LogP contribution in [0.2, 0.25) is 0 Å². The molecule has 0 aromatic carbocycles. The summed E-state index contributed by atoms with van der Waals surface area (Å²) in [5.74, 6) is 0.765. The summed E-state index contributed by atoms with van der Waals surface area (Å²) in [5.41, 5.74) is 6.34. The molecule has 0 spiro atoms. The first-order valence-corrected chi connectivity index (χ1v) is 5.81. The van der Waals surface area contributed by atoms with Crippen LogP contribution in [0.4, 0.5) is 0 Å². The van der Waals surface area contributed by atoms with Gasteiger partial charge in [-0.1, -0.05) is 13.3 Å². The largest absolute Gasteiger partial charge is 0.381 e. The molecule has 2 aliphatic heterocycles. The van der Waals surface area contributed by atoms with Crippen LogP contribution in [0.25, 0.3) is 0 Å². The van der Waals surface area contributed by atoms with Gasteiger partial charge in [0.15, 0.2) is 0 Å². The number of hydrogen-bond donors (Lipinski definition) is 1. The topological polar surface area (TPSA) is 38.5 Å². The van der Waals surface area contributed by atoms with Gasteiger partial charge in [0.2, 0.25) is 0 Å². The number of nitrogens with two attached hydrogens (primary N) is 1. The van der Waals surface area contributed by atoms with Crippen LogP contribution in [-0.2, 0) is 4.74 Å². The zero-order chi connectivity index (χ0) is 10.0. The van der Waals surface area contributed by atoms with E-state index in [9.17, 15) is 0 Å². The van der Waals surface area contributed by atoms with Gasteiger partial charge in [-0.3, -0.25) is 4.90 Å². The number of ether oxygens (including phenoxy) is 1. The molecule has 2 heterocycles. The van der Waals surface area contributed by atoms with Gasteiger partial charge in [0.05, 0.1) is 6.61 Å². The van der Waals surface area contributed by atoms with Crippen molar-refractivity contribution in [2.45, 2.75) is 31.7 Å². The van der Waals surface area contributed by atoms with E-state index >= 15 is 0 Å². The zero-order valence-corrected chi connectivity index (χ0v) is 9.17. The second-order valence-electron chi connectivity index (χ2n) is 5.01. The summed E-state index contributed by atoms with van der Waals surface area (Å²) < 4.78 is 5.37. The third-order valence-electron chi connectivity index (χ3n) is 3.37. The maximum Gasteiger partial charge on any atom is 0.0507 e. The van der Waals surface area contributed by atoms with E-state index in [2.05, 4.69) is 11.8 Å². The fourth-order valence-corrected chi connectivity index (χ4v) is 2.72. The standard InChI is InChI=1S/C11H22N2O/c1-2-4-11(12)8-13(9-11)6-10-3-5-14-7-10/h10H,2-9,12H2,1H3. The fourth-order valence-electron chi connectivity index (χ4n) is 2.72. The van der Waals surface area contributed by atoms with Crippen molar-refractivity contribution in [1.29, 1.82) is 0 Å². The van der Waals surface area contributed by atoms with Crippen molar-refractivity contribution < 1.29 is 4.74 Å². The highest BCUT2D eigenvalue weighted by atomic mass is 16.5. The molecule has 0 aliphatic carbocycles. The molecule has 2 fully saturated rings. The molecule has 2 saturated heterocycles. The van der Waals surface area contributed by atoms with Gasteiger partial charge in [0.25, 0.3) is 0 Å².